The summed E-state index contributed by atoms with van der Waals surface area (Å²) >= 11 is 6.22. The molecular weight excluding hydrogens is 342 g/mol. The molecule has 0 unspecified atom stereocenters. The Balaban J connectivity index is 2.03. The maximum absolute atomic E-state index is 12.8. The summed E-state index contributed by atoms with van der Waals surface area (Å²) in [5, 5.41) is 3.31. The van der Waals surface area contributed by atoms with Crippen LogP contribution in [0.25, 0.3) is 0 Å². The van der Waals surface area contributed by atoms with Crippen LogP contribution in [0.15, 0.2) is 12.1 Å². The maximum atomic E-state index is 12.8. The van der Waals surface area contributed by atoms with Gasteiger partial charge >= 0.3 is 6.03 Å². The monoisotopic (exact) mass is 367 g/mol. The lowest BCUT2D eigenvalue weighted by molar-refractivity contribution is 0.0663. The first-order chi connectivity index (χ1) is 11.8. The summed E-state index contributed by atoms with van der Waals surface area (Å²) in [5.41, 5.74) is 1.41. The van der Waals surface area contributed by atoms with Gasteiger partial charge < -0.3 is 19.9 Å². The fraction of sp³-hybridized carbons (Fsp3) is 0.556. The second-order valence-corrected chi connectivity index (χ2v) is 6.82. The molecule has 7 heteroatoms. The smallest absolute Gasteiger partial charge is 0.317 e. The number of nitrogens with one attached hydrogen (secondary N) is 1. The largest absolute Gasteiger partial charge is 0.492 e. The van der Waals surface area contributed by atoms with Gasteiger partial charge in [0.05, 0.1) is 11.6 Å². The van der Waals surface area contributed by atoms with Gasteiger partial charge in [-0.15, -0.1) is 0 Å². The van der Waals surface area contributed by atoms with E-state index in [1.807, 2.05) is 27.7 Å². The fourth-order valence-corrected chi connectivity index (χ4v) is 2.99. The van der Waals surface area contributed by atoms with Crippen LogP contribution in [0.2, 0.25) is 5.02 Å². The van der Waals surface area contributed by atoms with Gasteiger partial charge in [0.15, 0.2) is 0 Å². The zero-order valence-corrected chi connectivity index (χ0v) is 16.0. The Morgan fingerprint density at radius 2 is 1.80 bits per heavy atom. The molecule has 0 aliphatic carbocycles. The Bertz CT molecular complexity index is 641. The topological polar surface area (TPSA) is 61.9 Å². The molecule has 1 fully saturated rings. The van der Waals surface area contributed by atoms with Crippen LogP contribution in [-0.2, 0) is 0 Å². The van der Waals surface area contributed by atoms with Gasteiger partial charge in [0.1, 0.15) is 5.75 Å². The third kappa shape index (κ3) is 4.78. The Kier molecular flexibility index (Phi) is 6.53. The van der Waals surface area contributed by atoms with Crippen LogP contribution in [-0.4, -0.2) is 60.6 Å². The van der Waals surface area contributed by atoms with E-state index >= 15 is 0 Å². The summed E-state index contributed by atoms with van der Waals surface area (Å²) in [6, 6.07) is 3.48. The van der Waals surface area contributed by atoms with Crippen molar-refractivity contribution in [3.05, 3.63) is 28.3 Å². The van der Waals surface area contributed by atoms with Crippen molar-refractivity contribution in [3.8, 4) is 5.75 Å². The average molecular weight is 368 g/mol. The van der Waals surface area contributed by atoms with Gasteiger partial charge in [-0.05, 0) is 45.4 Å². The minimum atomic E-state index is -0.0811. The summed E-state index contributed by atoms with van der Waals surface area (Å²) < 4.78 is 5.46. The van der Waals surface area contributed by atoms with Crippen molar-refractivity contribution in [2.45, 2.75) is 33.7 Å². The van der Waals surface area contributed by atoms with Crippen molar-refractivity contribution in [2.75, 3.05) is 32.8 Å². The van der Waals surface area contributed by atoms with Gasteiger partial charge in [0.25, 0.3) is 5.91 Å². The molecule has 1 aliphatic heterocycles. The minimum Gasteiger partial charge on any atom is -0.492 e. The number of aryl methyl sites for hydroxylation is 1. The molecule has 0 aromatic heterocycles. The van der Waals surface area contributed by atoms with Crippen LogP contribution in [0.4, 0.5) is 4.79 Å². The molecule has 2 rings (SSSR count). The fourth-order valence-electron chi connectivity index (χ4n) is 2.77. The highest BCUT2D eigenvalue weighted by Gasteiger charge is 2.26. The summed E-state index contributed by atoms with van der Waals surface area (Å²) in [6.07, 6.45) is 0. The van der Waals surface area contributed by atoms with Gasteiger partial charge in [-0.1, -0.05) is 11.6 Å². The number of urea groups is 1. The number of nitrogens with zero attached hydrogens (tertiary/aromatic N) is 2. The molecule has 1 heterocycles. The van der Waals surface area contributed by atoms with Gasteiger partial charge in [0, 0.05) is 37.8 Å². The molecule has 0 saturated carbocycles. The third-order valence-electron chi connectivity index (χ3n) is 4.08. The van der Waals surface area contributed by atoms with Gasteiger partial charge in [-0.3, -0.25) is 4.79 Å². The maximum Gasteiger partial charge on any atom is 0.317 e. The van der Waals surface area contributed by atoms with E-state index in [2.05, 4.69) is 5.32 Å². The Labute approximate surface area is 154 Å². The summed E-state index contributed by atoms with van der Waals surface area (Å²) in [6.45, 7) is 10.2. The molecule has 6 nitrogen and oxygen atoms in total. The number of amides is 3. The van der Waals surface area contributed by atoms with E-state index in [1.54, 1.807) is 21.9 Å². The van der Waals surface area contributed by atoms with E-state index in [9.17, 15) is 9.59 Å². The molecule has 1 aromatic carbocycles. The van der Waals surface area contributed by atoms with E-state index in [1.165, 1.54) is 0 Å². The first kappa shape index (κ1) is 19.4. The highest BCUT2D eigenvalue weighted by atomic mass is 35.5. The standard InChI is InChI=1S/C18H26ClN3O3/c1-5-25-16-10-13(4)14(11-15(16)19)17(23)21-6-8-22(9-7-21)18(24)20-12(2)3/h10-12H,5-9H2,1-4H3,(H,20,24). The molecule has 1 saturated heterocycles. The molecule has 0 spiro atoms. The first-order valence-corrected chi connectivity index (χ1v) is 8.99. The van der Waals surface area contributed by atoms with Crippen molar-refractivity contribution >= 4 is 23.5 Å². The molecule has 25 heavy (non-hydrogen) atoms. The van der Waals surface area contributed by atoms with Crippen molar-refractivity contribution in [1.29, 1.82) is 0 Å². The molecule has 0 atom stereocenters. The number of benzene rings is 1. The van der Waals surface area contributed by atoms with Gasteiger partial charge in [-0.25, -0.2) is 4.79 Å². The van der Waals surface area contributed by atoms with Crippen LogP contribution < -0.4 is 10.1 Å². The second-order valence-electron chi connectivity index (χ2n) is 6.41. The van der Waals surface area contributed by atoms with E-state index in [0.29, 0.717) is 49.1 Å². The summed E-state index contributed by atoms with van der Waals surface area (Å²) in [5.74, 6) is 0.528. The number of hydrogen-bond donors (Lipinski definition) is 1. The molecule has 0 radical (unpaired) electrons. The Hall–Kier alpha value is -1.95. The van der Waals surface area contributed by atoms with Crippen molar-refractivity contribution in [3.63, 3.8) is 0 Å². The van der Waals surface area contributed by atoms with Crippen molar-refractivity contribution in [1.82, 2.24) is 15.1 Å². The highest BCUT2D eigenvalue weighted by molar-refractivity contribution is 6.32. The van der Waals surface area contributed by atoms with Crippen LogP contribution in [0.5, 0.6) is 5.75 Å². The number of carbonyl (C=O) groups is 2. The number of piperazine rings is 1. The van der Waals surface area contributed by atoms with Gasteiger partial charge in [-0.2, -0.15) is 0 Å². The molecule has 1 N–H and O–H groups in total. The Morgan fingerprint density at radius 1 is 1.20 bits per heavy atom. The normalized spacial score (nSPS) is 14.6. The predicted octanol–water partition coefficient (Wildman–Crippen LogP) is 2.92. The van der Waals surface area contributed by atoms with Crippen LogP contribution in [0.1, 0.15) is 36.7 Å². The van der Waals surface area contributed by atoms with Crippen molar-refractivity contribution < 1.29 is 14.3 Å². The van der Waals surface area contributed by atoms with Crippen LogP contribution in [0.3, 0.4) is 0 Å². The number of rotatable bonds is 4. The van der Waals surface area contributed by atoms with Gasteiger partial charge in [0.2, 0.25) is 0 Å². The number of halogens is 1. The minimum absolute atomic E-state index is 0.0635. The van der Waals surface area contributed by atoms with E-state index in [4.69, 9.17) is 16.3 Å². The zero-order chi connectivity index (χ0) is 18.6. The number of carbonyl (C=O) groups excluding carboxylic acids is 2. The summed E-state index contributed by atoms with van der Waals surface area (Å²) in [7, 11) is 0. The van der Waals surface area contributed by atoms with E-state index in [-0.39, 0.29) is 18.0 Å². The SMILES string of the molecule is CCOc1cc(C)c(C(=O)N2CCN(C(=O)NC(C)C)CC2)cc1Cl. The van der Waals surface area contributed by atoms with E-state index in [0.717, 1.165) is 5.56 Å². The third-order valence-corrected chi connectivity index (χ3v) is 4.37. The predicted molar refractivity (Wildman–Crippen MR) is 98.5 cm³/mol. The van der Waals surface area contributed by atoms with E-state index < -0.39 is 0 Å². The highest BCUT2D eigenvalue weighted by Crippen LogP contribution is 2.29. The van der Waals surface area contributed by atoms with Crippen molar-refractivity contribution in [2.24, 2.45) is 0 Å². The van der Waals surface area contributed by atoms with Crippen LogP contribution >= 0.6 is 11.6 Å². The number of hydrogen-bond acceptors (Lipinski definition) is 3. The molecule has 1 aromatic rings. The molecule has 138 valence electrons. The molecular formula is C18H26ClN3O3. The zero-order valence-electron chi connectivity index (χ0n) is 15.3. The lowest BCUT2D eigenvalue weighted by Gasteiger charge is -2.35. The average Bonchev–Trinajstić information content (AvgIpc) is 2.57. The molecule has 1 aliphatic rings. The van der Waals surface area contributed by atoms with Crippen LogP contribution in [0, 0.1) is 6.92 Å². The molecule has 3 amide bonds. The lowest BCUT2D eigenvalue weighted by atomic mass is 10.1. The molecule has 0 bridgehead atoms. The summed E-state index contributed by atoms with van der Waals surface area (Å²) in [4.78, 5) is 28.3. The quantitative estimate of drug-likeness (QED) is 0.890. The second kappa shape index (κ2) is 8.43. The lowest BCUT2D eigenvalue weighted by Crippen LogP contribution is -2.54. The Morgan fingerprint density at radius 3 is 2.36 bits per heavy atom. The number of ether oxygens (including phenoxy) is 1. The first-order valence-electron chi connectivity index (χ1n) is 8.61.